The van der Waals surface area contributed by atoms with E-state index in [0.717, 1.165) is 0 Å². The fraction of sp³-hybridized carbons (Fsp3) is 0. The van der Waals surface area contributed by atoms with Crippen molar-refractivity contribution in [3.05, 3.63) is 65.0 Å². The van der Waals surface area contributed by atoms with Crippen LogP contribution in [0.3, 0.4) is 0 Å². The van der Waals surface area contributed by atoms with Crippen molar-refractivity contribution in [2.75, 3.05) is 5.32 Å². The molecule has 3 N–H and O–H groups in total. The van der Waals surface area contributed by atoms with Crippen LogP contribution < -0.4 is 11.1 Å². The van der Waals surface area contributed by atoms with E-state index in [4.69, 9.17) is 18.0 Å². The minimum Gasteiger partial charge on any atom is -0.389 e. The van der Waals surface area contributed by atoms with E-state index in [1.807, 2.05) is 0 Å². The van der Waals surface area contributed by atoms with Gasteiger partial charge in [-0.2, -0.15) is 0 Å². The van der Waals surface area contributed by atoms with Crippen molar-refractivity contribution in [3.8, 4) is 0 Å². The van der Waals surface area contributed by atoms with Crippen LogP contribution in [0, 0.1) is 17.5 Å². The quantitative estimate of drug-likeness (QED) is 0.677. The third kappa shape index (κ3) is 3.19. The summed E-state index contributed by atoms with van der Waals surface area (Å²) < 4.78 is 39.1. The molecule has 0 saturated carbocycles. The smallest absolute Gasteiger partial charge is 0.255 e. The van der Waals surface area contributed by atoms with E-state index >= 15 is 0 Å². The molecule has 0 saturated heterocycles. The Morgan fingerprint density at radius 2 is 1.67 bits per heavy atom. The molecule has 0 aliphatic rings. The molecule has 0 unspecified atom stereocenters. The van der Waals surface area contributed by atoms with Crippen LogP contribution in [-0.4, -0.2) is 10.9 Å². The first-order valence-corrected chi connectivity index (χ1v) is 6.15. The molecule has 3 nitrogen and oxygen atoms in total. The molecule has 2 aromatic rings. The summed E-state index contributed by atoms with van der Waals surface area (Å²) in [4.78, 5) is 12.0. The molecule has 7 heteroatoms. The number of benzene rings is 2. The monoisotopic (exact) mass is 310 g/mol. The maximum Gasteiger partial charge on any atom is 0.255 e. The van der Waals surface area contributed by atoms with E-state index in [2.05, 4.69) is 5.32 Å². The van der Waals surface area contributed by atoms with Crippen LogP contribution in [0.4, 0.5) is 18.9 Å². The number of halogens is 3. The lowest BCUT2D eigenvalue weighted by Gasteiger charge is -2.10. The molecule has 0 bridgehead atoms. The lowest BCUT2D eigenvalue weighted by atomic mass is 10.1. The van der Waals surface area contributed by atoms with Gasteiger partial charge in [0.05, 0.1) is 5.69 Å². The van der Waals surface area contributed by atoms with Gasteiger partial charge in [0, 0.05) is 11.1 Å². The largest absolute Gasteiger partial charge is 0.389 e. The predicted molar refractivity (Wildman–Crippen MR) is 76.6 cm³/mol. The zero-order valence-electron chi connectivity index (χ0n) is 10.5. The Morgan fingerprint density at radius 1 is 1.10 bits per heavy atom. The van der Waals surface area contributed by atoms with Gasteiger partial charge in [-0.05, 0) is 24.3 Å². The van der Waals surface area contributed by atoms with Crippen LogP contribution >= 0.6 is 12.2 Å². The lowest BCUT2D eigenvalue weighted by molar-refractivity contribution is 0.102. The fourth-order valence-corrected chi connectivity index (χ4v) is 1.87. The van der Waals surface area contributed by atoms with Gasteiger partial charge in [0.2, 0.25) is 0 Å². The molecule has 2 aromatic carbocycles. The number of nitrogens with one attached hydrogen (secondary N) is 1. The number of hydrogen-bond donors (Lipinski definition) is 2. The zero-order valence-corrected chi connectivity index (χ0v) is 11.3. The highest BCUT2D eigenvalue weighted by atomic mass is 32.1. The van der Waals surface area contributed by atoms with Crippen LogP contribution in [0.25, 0.3) is 0 Å². The number of thiocarbonyl (C=S) groups is 1. The van der Waals surface area contributed by atoms with Crippen LogP contribution in [0.1, 0.15) is 15.9 Å². The molecule has 0 fully saturated rings. The summed E-state index contributed by atoms with van der Waals surface area (Å²) in [6.07, 6.45) is 0. The first kappa shape index (κ1) is 15.0. The van der Waals surface area contributed by atoms with Gasteiger partial charge >= 0.3 is 0 Å². The Kier molecular flexibility index (Phi) is 4.23. The topological polar surface area (TPSA) is 55.1 Å². The van der Waals surface area contributed by atoms with Gasteiger partial charge in [-0.1, -0.05) is 24.4 Å². The van der Waals surface area contributed by atoms with Crippen molar-refractivity contribution in [1.29, 1.82) is 0 Å². The average Bonchev–Trinajstić information content (AvgIpc) is 2.44. The van der Waals surface area contributed by atoms with Crippen LogP contribution in [0.5, 0.6) is 0 Å². The molecular formula is C14H9F3N2OS. The summed E-state index contributed by atoms with van der Waals surface area (Å²) in [5, 5.41) is 2.42. The number of anilines is 1. The summed E-state index contributed by atoms with van der Waals surface area (Å²) in [6, 6.07) is 7.63. The summed E-state index contributed by atoms with van der Waals surface area (Å²) in [6.45, 7) is 0. The maximum atomic E-state index is 13.1. The summed E-state index contributed by atoms with van der Waals surface area (Å²) in [5.74, 6) is -5.32. The van der Waals surface area contributed by atoms with E-state index in [-0.39, 0.29) is 10.6 Å². The van der Waals surface area contributed by atoms with Crippen molar-refractivity contribution in [1.82, 2.24) is 0 Å². The number of carbonyl (C=O) groups excluding carboxylic acids is 1. The first-order valence-electron chi connectivity index (χ1n) is 5.75. The van der Waals surface area contributed by atoms with Crippen LogP contribution in [0.15, 0.2) is 36.4 Å². The molecular weight excluding hydrogens is 301 g/mol. The number of rotatable bonds is 3. The molecule has 0 heterocycles. The third-order valence-electron chi connectivity index (χ3n) is 2.69. The molecule has 21 heavy (non-hydrogen) atoms. The van der Waals surface area contributed by atoms with Gasteiger partial charge in [0.1, 0.15) is 4.99 Å². The van der Waals surface area contributed by atoms with E-state index in [9.17, 15) is 18.0 Å². The lowest BCUT2D eigenvalue weighted by Crippen LogP contribution is -2.18. The number of nitrogens with two attached hydrogens (primary N) is 1. The predicted octanol–water partition coefficient (Wildman–Crippen LogP) is 2.99. The van der Waals surface area contributed by atoms with Gasteiger partial charge in [0.15, 0.2) is 17.5 Å². The third-order valence-corrected chi connectivity index (χ3v) is 2.91. The summed E-state index contributed by atoms with van der Waals surface area (Å²) in [5.41, 5.74) is 5.85. The Bertz CT molecular complexity index is 711. The normalized spacial score (nSPS) is 10.2. The van der Waals surface area contributed by atoms with E-state index in [1.54, 1.807) is 18.2 Å². The summed E-state index contributed by atoms with van der Waals surface area (Å²) in [7, 11) is 0. The minimum absolute atomic E-state index is 0.0577. The van der Waals surface area contributed by atoms with Crippen molar-refractivity contribution in [3.63, 3.8) is 0 Å². The van der Waals surface area contributed by atoms with E-state index in [0.29, 0.717) is 23.4 Å². The Labute approximate surface area is 123 Å². The maximum absolute atomic E-state index is 13.1. The van der Waals surface area contributed by atoms with Crippen LogP contribution in [0.2, 0.25) is 0 Å². The fourth-order valence-electron chi connectivity index (χ4n) is 1.69. The standard InChI is InChI=1S/C14H9F3N2OS/c15-9-5-7(6-10(16)12(9)17)14(20)19-11-4-2-1-3-8(11)13(18)21/h1-6H,(H2,18,21)(H,19,20). The Morgan fingerprint density at radius 3 is 2.24 bits per heavy atom. The van der Waals surface area contributed by atoms with Gasteiger partial charge in [-0.15, -0.1) is 0 Å². The molecule has 1 amide bonds. The highest BCUT2D eigenvalue weighted by Crippen LogP contribution is 2.18. The van der Waals surface area contributed by atoms with Gasteiger partial charge in [0.25, 0.3) is 5.91 Å². The van der Waals surface area contributed by atoms with Crippen molar-refractivity contribution >= 4 is 28.8 Å². The number of amides is 1. The SMILES string of the molecule is NC(=S)c1ccccc1NC(=O)c1cc(F)c(F)c(F)c1. The molecule has 0 aromatic heterocycles. The summed E-state index contributed by atoms with van der Waals surface area (Å²) >= 11 is 4.83. The molecule has 108 valence electrons. The molecule has 2 rings (SSSR count). The highest BCUT2D eigenvalue weighted by molar-refractivity contribution is 7.80. The number of para-hydroxylation sites is 1. The molecule has 0 radical (unpaired) electrons. The second-order valence-electron chi connectivity index (χ2n) is 4.12. The number of carbonyl (C=O) groups is 1. The first-order chi connectivity index (χ1) is 9.90. The van der Waals surface area contributed by atoms with E-state index < -0.39 is 23.4 Å². The molecule has 0 aliphatic heterocycles. The van der Waals surface area contributed by atoms with Crippen molar-refractivity contribution in [2.24, 2.45) is 5.73 Å². The zero-order chi connectivity index (χ0) is 15.6. The van der Waals surface area contributed by atoms with Gasteiger partial charge in [-0.3, -0.25) is 4.79 Å². The van der Waals surface area contributed by atoms with Crippen molar-refractivity contribution < 1.29 is 18.0 Å². The number of hydrogen-bond acceptors (Lipinski definition) is 2. The minimum atomic E-state index is -1.63. The van der Waals surface area contributed by atoms with Crippen molar-refractivity contribution in [2.45, 2.75) is 0 Å². The molecule has 0 atom stereocenters. The molecule has 0 aliphatic carbocycles. The van der Waals surface area contributed by atoms with Crippen LogP contribution in [-0.2, 0) is 0 Å². The molecule has 0 spiro atoms. The van der Waals surface area contributed by atoms with E-state index in [1.165, 1.54) is 6.07 Å². The van der Waals surface area contributed by atoms with Gasteiger partial charge < -0.3 is 11.1 Å². The van der Waals surface area contributed by atoms with Gasteiger partial charge in [-0.25, -0.2) is 13.2 Å². The highest BCUT2D eigenvalue weighted by Gasteiger charge is 2.16. The Hall–Kier alpha value is -2.41. The second kappa shape index (κ2) is 5.92. The Balaban J connectivity index is 2.33. The second-order valence-corrected chi connectivity index (χ2v) is 4.56. The average molecular weight is 310 g/mol.